The largest absolute Gasteiger partial charge is 0.489 e. The second-order valence-electron chi connectivity index (χ2n) is 23.8. The summed E-state index contributed by atoms with van der Waals surface area (Å²) < 4.78 is 36.6. The quantitative estimate of drug-likeness (QED) is 0.0686. The van der Waals surface area contributed by atoms with E-state index in [0.717, 1.165) is 155 Å². The number of rotatable bonds is 16. The van der Waals surface area contributed by atoms with E-state index in [1.54, 1.807) is 54.0 Å². The van der Waals surface area contributed by atoms with Crippen molar-refractivity contribution in [2.24, 2.45) is 0 Å². The molecule has 4 aromatic carbocycles. The molecule has 6 fully saturated rings. The first-order valence-electron chi connectivity index (χ1n) is 29.8. The summed E-state index contributed by atoms with van der Waals surface area (Å²) in [5, 5.41) is 27.8. The van der Waals surface area contributed by atoms with Crippen LogP contribution in [0.4, 0.5) is 10.3 Å². The number of hydrogen-bond donors (Lipinski definition) is 2. The Hall–Kier alpha value is -5.42. The molecule has 14 rings (SSSR count). The molecule has 2 saturated carbocycles. The third-order valence-electron chi connectivity index (χ3n) is 16.7. The Balaban J connectivity index is 0.000000142. The molecule has 4 aromatic heterocycles. The van der Waals surface area contributed by atoms with Crippen LogP contribution in [0.15, 0.2) is 75.9 Å². The van der Waals surface area contributed by atoms with Gasteiger partial charge in [0.15, 0.2) is 10.3 Å². The number of piperazine rings is 2. The second kappa shape index (κ2) is 26.8. The van der Waals surface area contributed by atoms with Crippen molar-refractivity contribution in [2.75, 3.05) is 69.3 Å². The first-order valence-corrected chi connectivity index (χ1v) is 33.4. The normalized spacial score (nSPS) is 20.3. The fourth-order valence-corrected chi connectivity index (χ4v) is 15.8. The van der Waals surface area contributed by atoms with Crippen molar-refractivity contribution >= 4 is 123 Å². The number of furan rings is 1. The monoisotopic (exact) mass is 1330 g/mol. The van der Waals surface area contributed by atoms with Gasteiger partial charge in [0.2, 0.25) is 0 Å². The molecule has 88 heavy (non-hydrogen) atoms. The number of carboxylic acid groups (broad SMARTS) is 1. The molecule has 2 aliphatic carbocycles. The van der Waals surface area contributed by atoms with Crippen molar-refractivity contribution in [3.8, 4) is 33.9 Å². The molecule has 0 unspecified atom stereocenters. The van der Waals surface area contributed by atoms with Gasteiger partial charge in [0, 0.05) is 104 Å². The summed E-state index contributed by atoms with van der Waals surface area (Å²) in [7, 11) is 1.38. The zero-order valence-electron chi connectivity index (χ0n) is 49.3. The summed E-state index contributed by atoms with van der Waals surface area (Å²) >= 11 is 34.6. The lowest BCUT2D eigenvalue weighted by molar-refractivity contribution is 0.0463. The molecule has 466 valence electrons. The number of anilines is 2. The van der Waals surface area contributed by atoms with Gasteiger partial charge < -0.3 is 47.9 Å². The Kier molecular flexibility index (Phi) is 19.1. The van der Waals surface area contributed by atoms with Gasteiger partial charge in [0.05, 0.1) is 90.9 Å². The number of aliphatic hydroxyl groups excluding tert-OH is 1. The summed E-state index contributed by atoms with van der Waals surface area (Å²) in [5.41, 5.74) is 7.23. The molecule has 0 amide bonds. The lowest BCUT2D eigenvalue weighted by Gasteiger charge is -2.37. The summed E-state index contributed by atoms with van der Waals surface area (Å²) in [6, 6.07) is 18.4. The highest BCUT2D eigenvalue weighted by molar-refractivity contribution is 7.22. The van der Waals surface area contributed by atoms with Gasteiger partial charge in [0.25, 0.3) is 0 Å². The number of ether oxygens (including phenoxy) is 4. The number of esters is 1. The van der Waals surface area contributed by atoms with Crippen molar-refractivity contribution < 1.29 is 47.7 Å². The predicted octanol–water partition coefficient (Wildman–Crippen LogP) is 15.1. The van der Waals surface area contributed by atoms with Crippen LogP contribution >= 0.6 is 80.7 Å². The average molecular weight is 1340 g/mol. The molecule has 4 saturated heterocycles. The van der Waals surface area contributed by atoms with Crippen molar-refractivity contribution in [3.05, 3.63) is 121 Å². The highest BCUT2D eigenvalue weighted by Gasteiger charge is 2.40. The van der Waals surface area contributed by atoms with Crippen LogP contribution in [0.25, 0.3) is 42.8 Å². The van der Waals surface area contributed by atoms with E-state index in [9.17, 15) is 19.8 Å². The average Bonchev–Trinajstić information content (AvgIpc) is 2.59. The van der Waals surface area contributed by atoms with Gasteiger partial charge in [-0.25, -0.2) is 19.6 Å². The van der Waals surface area contributed by atoms with Crippen molar-refractivity contribution in [2.45, 2.75) is 127 Å². The fraction of sp³-hybridized carbons (Fsp3) is 0.453. The molecular weight excluding hydrogens is 1270 g/mol. The van der Waals surface area contributed by atoms with Gasteiger partial charge in [-0.3, -0.25) is 9.80 Å². The number of alkyl halides is 1. The van der Waals surface area contributed by atoms with Gasteiger partial charge in [-0.2, -0.15) is 0 Å². The summed E-state index contributed by atoms with van der Waals surface area (Å²) in [4.78, 5) is 43.0. The van der Waals surface area contributed by atoms with E-state index in [-0.39, 0.29) is 35.9 Å². The molecule has 2 N–H and O–H groups in total. The third kappa shape index (κ3) is 13.6. The van der Waals surface area contributed by atoms with E-state index in [2.05, 4.69) is 24.8 Å². The van der Waals surface area contributed by atoms with E-state index >= 15 is 0 Å². The lowest BCUT2D eigenvalue weighted by atomic mass is 10.0. The number of hydrogen-bond acceptors (Lipinski definition) is 18. The molecule has 8 aromatic rings. The van der Waals surface area contributed by atoms with E-state index in [0.29, 0.717) is 84.8 Å². The highest BCUT2D eigenvalue weighted by atomic mass is 35.5. The predicted molar refractivity (Wildman–Crippen MR) is 348 cm³/mol. The molecule has 6 aliphatic rings. The van der Waals surface area contributed by atoms with Crippen LogP contribution in [0.3, 0.4) is 0 Å². The van der Waals surface area contributed by atoms with E-state index in [1.165, 1.54) is 18.4 Å². The molecule has 17 nitrogen and oxygen atoms in total. The van der Waals surface area contributed by atoms with Gasteiger partial charge in [-0.05, 0) is 115 Å². The summed E-state index contributed by atoms with van der Waals surface area (Å²) in [5.74, 6) is 2.90. The number of aromatic nitrogens is 3. The number of aromatic carboxylic acids is 1. The smallest absolute Gasteiger partial charge is 0.338 e. The minimum absolute atomic E-state index is 0.0187. The van der Waals surface area contributed by atoms with Crippen LogP contribution in [-0.4, -0.2) is 143 Å². The van der Waals surface area contributed by atoms with Crippen LogP contribution in [0.1, 0.15) is 121 Å². The Morgan fingerprint density at radius 1 is 0.693 bits per heavy atom. The van der Waals surface area contributed by atoms with Crippen molar-refractivity contribution in [1.29, 1.82) is 0 Å². The van der Waals surface area contributed by atoms with Gasteiger partial charge in [-0.15, -0.1) is 11.6 Å². The minimum atomic E-state index is -0.974. The minimum Gasteiger partial charge on any atom is -0.489 e. The van der Waals surface area contributed by atoms with E-state index in [4.69, 9.17) is 95.9 Å². The first-order chi connectivity index (χ1) is 42.4. The van der Waals surface area contributed by atoms with Gasteiger partial charge in [-0.1, -0.05) is 86.4 Å². The molecule has 4 atom stereocenters. The van der Waals surface area contributed by atoms with E-state index in [1.807, 2.05) is 52.0 Å². The Morgan fingerprint density at radius 2 is 1.23 bits per heavy atom. The molecule has 8 heterocycles. The molecular formula is C64H68Cl5N7O10S2. The SMILES string of the molecule is CC(C)Oc1cc(C(=O)O)cc2sc(N3CCN4C[C@@H](OCc5c(-c6c(Cl)cccc6Cl)coc5C5CC5)C[C@@H]4C3)nc12.COC(=O)c1cc(OC(C)C)c2nc(N3CCN4C[C@@H](O)C[C@@H]4C3)sc2c1.ClCc1c(-c2c(Cl)cccc2Cl)noc1C1CC1. The van der Waals surface area contributed by atoms with Crippen molar-refractivity contribution in [1.82, 2.24) is 24.9 Å². The van der Waals surface area contributed by atoms with Gasteiger partial charge >= 0.3 is 11.9 Å². The summed E-state index contributed by atoms with van der Waals surface area (Å²) in [6.07, 6.45) is 7.81. The van der Waals surface area contributed by atoms with Crippen LogP contribution in [0, 0.1) is 0 Å². The molecule has 24 heteroatoms. The highest BCUT2D eigenvalue weighted by Crippen LogP contribution is 2.49. The molecule has 0 spiro atoms. The van der Waals surface area contributed by atoms with Crippen LogP contribution in [-0.2, 0) is 22.0 Å². The maximum Gasteiger partial charge on any atom is 0.338 e. The van der Waals surface area contributed by atoms with Gasteiger partial charge in [0.1, 0.15) is 39.7 Å². The number of benzene rings is 4. The number of carbonyl (C=O) groups is 2. The Bertz CT molecular complexity index is 3820. The molecule has 0 bridgehead atoms. The number of nitrogens with zero attached hydrogens (tertiary/aromatic N) is 7. The Morgan fingerprint density at radius 3 is 1.77 bits per heavy atom. The van der Waals surface area contributed by atoms with Crippen molar-refractivity contribution in [3.63, 3.8) is 0 Å². The third-order valence-corrected chi connectivity index (χ3v) is 20.3. The number of halogens is 5. The maximum absolute atomic E-state index is 12.0. The first kappa shape index (κ1) is 62.8. The Labute approximate surface area is 543 Å². The maximum atomic E-state index is 12.0. The van der Waals surface area contributed by atoms with Crippen LogP contribution < -0.4 is 19.3 Å². The fourth-order valence-electron chi connectivity index (χ4n) is 12.2. The van der Waals surface area contributed by atoms with Crippen LogP contribution in [0.2, 0.25) is 20.1 Å². The molecule has 4 aliphatic heterocycles. The second-order valence-corrected chi connectivity index (χ2v) is 27.7. The zero-order chi connectivity index (χ0) is 61.7. The zero-order valence-corrected chi connectivity index (χ0v) is 54.7. The number of carbonyl (C=O) groups excluding carboxylic acids is 1. The number of fused-ring (bicyclic) bond motifs is 4. The number of thiazole rings is 2. The number of carboxylic acids is 1. The lowest BCUT2D eigenvalue weighted by Crippen LogP contribution is -2.50. The van der Waals surface area contributed by atoms with Crippen LogP contribution in [0.5, 0.6) is 11.5 Å². The standard InChI is InChI=1S/C32H33Cl2N3O5S.C19H25N3O4S.C13H10Cl3NO/c1-17(2)42-26-10-19(31(38)39)11-27-29(26)35-32(43-27)37-9-8-36-14-21(12-20(36)13-37)40-16-23-22(15-41-30(23)18-6-7-18)28-24(33)4-3-5-25(28)34;1-11(2)26-15-6-12(18(24)25-3)7-16-17(15)20-19(27-16)22-5-4-21-10-14(23)8-13(21)9-22;14-6-8-12(17-18-13(8)7-4-5-7)11-9(15)2-1-3-10(11)16/h3-5,10-11,15,17-18,20-21H,6-9,12-14,16H2,1-2H3,(H,38,39);6-7,11,13-14,23H,4-5,8-10H2,1-3H3;1-3,7H,4-6H2/t20-,21+;13-,14+;/m11./s1. The topological polar surface area (TPSA) is 189 Å². The molecule has 0 radical (unpaired) electrons. The van der Waals surface area contributed by atoms with E-state index < -0.39 is 5.97 Å². The number of aliphatic hydroxyl groups is 1. The number of methoxy groups -OCH3 is 1. The summed E-state index contributed by atoms with van der Waals surface area (Å²) in [6.45, 7) is 15.1.